The summed E-state index contributed by atoms with van der Waals surface area (Å²) >= 11 is 3.43. The minimum absolute atomic E-state index is 0.727. The molecule has 0 saturated heterocycles. The van der Waals surface area contributed by atoms with Crippen molar-refractivity contribution in [1.29, 1.82) is 0 Å². The number of hydrogen-bond donors (Lipinski definition) is 1. The second kappa shape index (κ2) is 4.65. The van der Waals surface area contributed by atoms with Crippen LogP contribution in [0.1, 0.15) is 11.4 Å². The van der Waals surface area contributed by atoms with Gasteiger partial charge in [0.1, 0.15) is 5.82 Å². The number of halogens is 1. The number of rotatable bonds is 3. The number of nitrogens with one attached hydrogen (secondary N) is 1. The van der Waals surface area contributed by atoms with Gasteiger partial charge in [0, 0.05) is 17.7 Å². The Morgan fingerprint density at radius 1 is 1.38 bits per heavy atom. The molecule has 0 aliphatic heterocycles. The van der Waals surface area contributed by atoms with Gasteiger partial charge in [-0.2, -0.15) is 5.10 Å². The second-order valence-electron chi connectivity index (χ2n) is 3.56. The average Bonchev–Trinajstić information content (AvgIpc) is 2.66. The summed E-state index contributed by atoms with van der Waals surface area (Å²) in [7, 11) is 1.93. The summed E-state index contributed by atoms with van der Waals surface area (Å²) in [5.74, 6) is 0.877. The van der Waals surface area contributed by atoms with Gasteiger partial charge in [0.15, 0.2) is 0 Å². The minimum Gasteiger partial charge on any atom is -0.364 e. The topological polar surface area (TPSA) is 42.7 Å². The van der Waals surface area contributed by atoms with Crippen molar-refractivity contribution in [1.82, 2.24) is 14.8 Å². The summed E-state index contributed by atoms with van der Waals surface area (Å²) in [4.78, 5) is 4.41. The highest BCUT2D eigenvalue weighted by atomic mass is 79.9. The fourth-order valence-electron chi connectivity index (χ4n) is 1.40. The Morgan fingerprint density at radius 2 is 2.19 bits per heavy atom. The Kier molecular flexibility index (Phi) is 3.24. The monoisotopic (exact) mass is 280 g/mol. The fraction of sp³-hybridized carbons (Fsp3) is 0.273. The zero-order valence-electron chi connectivity index (χ0n) is 9.24. The Morgan fingerprint density at radius 3 is 2.81 bits per heavy atom. The highest BCUT2D eigenvalue weighted by molar-refractivity contribution is 9.10. The molecule has 0 radical (unpaired) electrons. The van der Waals surface area contributed by atoms with Crippen LogP contribution in [0.3, 0.4) is 0 Å². The van der Waals surface area contributed by atoms with Crippen LogP contribution in [0, 0.1) is 6.92 Å². The van der Waals surface area contributed by atoms with Crippen LogP contribution in [0.15, 0.2) is 28.9 Å². The molecule has 0 aromatic carbocycles. The van der Waals surface area contributed by atoms with Crippen molar-refractivity contribution in [3.63, 3.8) is 0 Å². The number of aryl methyl sites for hydroxylation is 2. The van der Waals surface area contributed by atoms with Gasteiger partial charge in [0.05, 0.1) is 17.9 Å². The first kappa shape index (κ1) is 11.1. The first-order valence-corrected chi connectivity index (χ1v) is 5.80. The molecule has 2 aromatic rings. The van der Waals surface area contributed by atoms with Gasteiger partial charge in [0.2, 0.25) is 0 Å². The quantitative estimate of drug-likeness (QED) is 0.940. The van der Waals surface area contributed by atoms with Crippen LogP contribution in [0.4, 0.5) is 5.82 Å². The Labute approximate surface area is 103 Å². The van der Waals surface area contributed by atoms with Gasteiger partial charge in [-0.15, -0.1) is 0 Å². The van der Waals surface area contributed by atoms with Gasteiger partial charge in [-0.25, -0.2) is 4.98 Å². The molecule has 2 heterocycles. The van der Waals surface area contributed by atoms with E-state index in [4.69, 9.17) is 0 Å². The molecule has 16 heavy (non-hydrogen) atoms. The van der Waals surface area contributed by atoms with Crippen LogP contribution in [0.5, 0.6) is 0 Å². The van der Waals surface area contributed by atoms with Gasteiger partial charge < -0.3 is 5.32 Å². The van der Waals surface area contributed by atoms with Gasteiger partial charge >= 0.3 is 0 Å². The van der Waals surface area contributed by atoms with E-state index in [-0.39, 0.29) is 0 Å². The zero-order valence-corrected chi connectivity index (χ0v) is 10.8. The second-order valence-corrected chi connectivity index (χ2v) is 4.42. The molecule has 0 aliphatic carbocycles. The van der Waals surface area contributed by atoms with Crippen LogP contribution >= 0.6 is 15.9 Å². The molecule has 4 nitrogen and oxygen atoms in total. The molecule has 0 bridgehead atoms. The number of pyridine rings is 1. The van der Waals surface area contributed by atoms with Gasteiger partial charge in [-0.3, -0.25) is 4.68 Å². The molecule has 1 N–H and O–H groups in total. The van der Waals surface area contributed by atoms with E-state index < -0.39 is 0 Å². The molecule has 0 aliphatic rings. The van der Waals surface area contributed by atoms with E-state index in [2.05, 4.69) is 31.3 Å². The fourth-order valence-corrected chi connectivity index (χ4v) is 1.62. The normalized spacial score (nSPS) is 10.4. The van der Waals surface area contributed by atoms with Gasteiger partial charge in [-0.05, 0) is 41.1 Å². The van der Waals surface area contributed by atoms with Crippen molar-refractivity contribution in [3.8, 4) is 0 Å². The van der Waals surface area contributed by atoms with Crippen LogP contribution < -0.4 is 5.32 Å². The number of hydrogen-bond acceptors (Lipinski definition) is 3. The van der Waals surface area contributed by atoms with Crippen LogP contribution in [-0.4, -0.2) is 14.8 Å². The summed E-state index contributed by atoms with van der Waals surface area (Å²) in [6.45, 7) is 2.70. The van der Waals surface area contributed by atoms with Crippen LogP contribution in [0.2, 0.25) is 0 Å². The van der Waals surface area contributed by atoms with Crippen molar-refractivity contribution >= 4 is 21.7 Å². The highest BCUT2D eigenvalue weighted by Gasteiger charge is 2.01. The lowest BCUT2D eigenvalue weighted by Crippen LogP contribution is -2.06. The van der Waals surface area contributed by atoms with Crippen molar-refractivity contribution in [2.75, 3.05) is 5.32 Å². The molecule has 0 amide bonds. The number of anilines is 1. The van der Waals surface area contributed by atoms with E-state index in [9.17, 15) is 0 Å². The summed E-state index contributed by atoms with van der Waals surface area (Å²) in [6, 6.07) is 5.93. The molecule has 0 spiro atoms. The molecule has 0 atom stereocenters. The lowest BCUT2D eigenvalue weighted by Gasteiger charge is -2.07. The molecule has 5 heteroatoms. The lowest BCUT2D eigenvalue weighted by molar-refractivity contribution is 0.720. The molecular weight excluding hydrogens is 268 g/mol. The SMILES string of the molecule is Cc1nc(NCc2ccnn2C)ccc1Br. The van der Waals surface area contributed by atoms with Crippen molar-refractivity contribution in [2.24, 2.45) is 7.05 Å². The maximum Gasteiger partial charge on any atom is 0.126 e. The van der Waals surface area contributed by atoms with E-state index in [0.29, 0.717) is 0 Å². The molecule has 0 saturated carbocycles. The first-order chi connectivity index (χ1) is 7.66. The third-order valence-corrected chi connectivity index (χ3v) is 3.23. The van der Waals surface area contributed by atoms with E-state index in [0.717, 1.165) is 28.2 Å². The third kappa shape index (κ3) is 2.41. The highest BCUT2D eigenvalue weighted by Crippen LogP contribution is 2.16. The standard InChI is InChI=1S/C11H13BrN4/c1-8-10(12)3-4-11(15-8)13-7-9-5-6-14-16(9)2/h3-6H,7H2,1-2H3,(H,13,15). The summed E-state index contributed by atoms with van der Waals surface area (Å²) < 4.78 is 2.87. The van der Waals surface area contributed by atoms with Crippen molar-refractivity contribution < 1.29 is 0 Å². The van der Waals surface area contributed by atoms with E-state index in [1.165, 1.54) is 0 Å². The average molecular weight is 281 g/mol. The Balaban J connectivity index is 2.05. The number of nitrogens with zero attached hydrogens (tertiary/aromatic N) is 3. The van der Waals surface area contributed by atoms with Crippen molar-refractivity contribution in [2.45, 2.75) is 13.5 Å². The predicted molar refractivity (Wildman–Crippen MR) is 67.2 cm³/mol. The maximum absolute atomic E-state index is 4.41. The van der Waals surface area contributed by atoms with Crippen LogP contribution in [0.25, 0.3) is 0 Å². The predicted octanol–water partition coefficient (Wildman–Crippen LogP) is 2.50. The van der Waals surface area contributed by atoms with Gasteiger partial charge in [0.25, 0.3) is 0 Å². The Hall–Kier alpha value is -1.36. The first-order valence-electron chi connectivity index (χ1n) is 5.01. The summed E-state index contributed by atoms with van der Waals surface area (Å²) in [5.41, 5.74) is 2.11. The molecule has 84 valence electrons. The summed E-state index contributed by atoms with van der Waals surface area (Å²) in [5, 5.41) is 7.37. The minimum atomic E-state index is 0.727. The molecule has 2 aromatic heterocycles. The van der Waals surface area contributed by atoms with Gasteiger partial charge in [-0.1, -0.05) is 0 Å². The lowest BCUT2D eigenvalue weighted by atomic mass is 10.3. The van der Waals surface area contributed by atoms with E-state index in [1.807, 2.05) is 36.9 Å². The smallest absolute Gasteiger partial charge is 0.126 e. The zero-order chi connectivity index (χ0) is 11.5. The molecule has 2 rings (SSSR count). The molecule has 0 unspecified atom stereocenters. The van der Waals surface area contributed by atoms with E-state index in [1.54, 1.807) is 6.20 Å². The largest absolute Gasteiger partial charge is 0.364 e. The Bertz CT molecular complexity index is 492. The third-order valence-electron chi connectivity index (χ3n) is 2.39. The molecular formula is C11H13BrN4. The number of aromatic nitrogens is 3. The molecule has 0 fully saturated rings. The van der Waals surface area contributed by atoms with E-state index >= 15 is 0 Å². The van der Waals surface area contributed by atoms with Crippen molar-refractivity contribution in [3.05, 3.63) is 40.3 Å². The summed E-state index contributed by atoms with van der Waals surface area (Å²) in [6.07, 6.45) is 1.79. The van der Waals surface area contributed by atoms with Crippen LogP contribution in [-0.2, 0) is 13.6 Å². The maximum atomic E-state index is 4.41.